The molecule has 4 N–H and O–H groups in total. The maximum absolute atomic E-state index is 9.96. The fourth-order valence-electron chi connectivity index (χ4n) is 0.652. The summed E-state index contributed by atoms with van der Waals surface area (Å²) in [4.78, 5) is 19.9. The van der Waals surface area contributed by atoms with Crippen molar-refractivity contribution in [3.63, 3.8) is 0 Å². The molecule has 82 valence electrons. The van der Waals surface area contributed by atoms with Crippen LogP contribution in [0.3, 0.4) is 0 Å². The summed E-state index contributed by atoms with van der Waals surface area (Å²) >= 11 is 0. The molecule has 0 heterocycles. The van der Waals surface area contributed by atoms with E-state index >= 15 is 0 Å². The first-order chi connectivity index (χ1) is 6.29. The van der Waals surface area contributed by atoms with Crippen molar-refractivity contribution >= 4 is 49.7 Å². The van der Waals surface area contributed by atoms with Crippen LogP contribution in [0, 0.1) is 0 Å². The van der Waals surface area contributed by atoms with E-state index in [4.69, 9.17) is 20.4 Å². The number of carboxylic acid groups (broad SMARTS) is 2. The predicted molar refractivity (Wildman–Crippen MR) is 39.8 cm³/mol. The van der Waals surface area contributed by atoms with Crippen molar-refractivity contribution in [2.45, 2.75) is 24.4 Å². The van der Waals surface area contributed by atoms with E-state index in [9.17, 15) is 19.8 Å². The molecule has 0 aromatic carbocycles. The van der Waals surface area contributed by atoms with E-state index in [1.807, 2.05) is 0 Å². The van der Waals surface area contributed by atoms with Gasteiger partial charge in [0.15, 0.2) is 0 Å². The van der Waals surface area contributed by atoms with Crippen LogP contribution >= 0.6 is 0 Å². The third-order valence-corrected chi connectivity index (χ3v) is 1.48. The molecule has 0 saturated heterocycles. The molecule has 9 heteroatoms. The summed E-state index contributed by atoms with van der Waals surface area (Å²) in [7, 11) is 0. The van der Waals surface area contributed by atoms with Crippen molar-refractivity contribution in [2.24, 2.45) is 0 Å². The van der Waals surface area contributed by atoms with Gasteiger partial charge in [0.05, 0.1) is 11.9 Å². The molecular weight excluding hydrogens is 240 g/mol. The van der Waals surface area contributed by atoms with Crippen molar-refractivity contribution in [3.8, 4) is 0 Å². The van der Waals surface area contributed by atoms with Crippen molar-refractivity contribution in [1.82, 2.24) is 0 Å². The number of aliphatic carboxylic acids is 2. The van der Waals surface area contributed by atoms with Crippen molar-refractivity contribution in [3.05, 3.63) is 0 Å². The fraction of sp³-hybridized carbons (Fsp3) is 0.667. The van der Waals surface area contributed by atoms with E-state index in [0.29, 0.717) is 0 Å². The van der Waals surface area contributed by atoms with Gasteiger partial charge in [-0.05, 0) is 0 Å². The Morgan fingerprint density at radius 3 is 1.13 bits per heavy atom. The number of carboxylic acids is 2. The van der Waals surface area contributed by atoms with Gasteiger partial charge in [-0.25, -0.2) is 0 Å². The van der Waals surface area contributed by atoms with Crippen LogP contribution in [0.5, 0.6) is 0 Å². The van der Waals surface area contributed by atoms with Gasteiger partial charge in [0.2, 0.25) is 0 Å². The fourth-order valence-corrected chi connectivity index (χ4v) is 0.652. The first kappa shape index (κ1) is 17.4. The minimum atomic E-state index is -2.50. The Bertz CT molecular complexity index is 207. The molecule has 15 heavy (non-hydrogen) atoms. The molecule has 0 bridgehead atoms. The zero-order valence-corrected chi connectivity index (χ0v) is 9.65. The van der Waals surface area contributed by atoms with Gasteiger partial charge in [-0.3, -0.25) is 0 Å². The van der Waals surface area contributed by atoms with Crippen LogP contribution in [0.25, 0.3) is 0 Å². The maximum Gasteiger partial charge on any atom is 2.00 e. The van der Waals surface area contributed by atoms with E-state index in [1.54, 1.807) is 0 Å². The number of carbonyl (C=O) groups is 2. The smallest absolute Gasteiger partial charge is 0.547 e. The largest absolute Gasteiger partial charge is 2.00 e. The minimum Gasteiger partial charge on any atom is -0.547 e. The van der Waals surface area contributed by atoms with Crippen LogP contribution in [-0.4, -0.2) is 94.5 Å². The van der Waals surface area contributed by atoms with Gasteiger partial charge < -0.3 is 40.2 Å². The van der Waals surface area contributed by atoms with E-state index in [0.717, 1.165) is 0 Å². The summed E-state index contributed by atoms with van der Waals surface area (Å²) in [5, 5.41) is 54.7. The van der Waals surface area contributed by atoms with Crippen LogP contribution in [0.2, 0.25) is 0 Å². The Kier molecular flexibility index (Phi) is 8.53. The van der Waals surface area contributed by atoms with Crippen molar-refractivity contribution < 1.29 is 40.2 Å². The Balaban J connectivity index is 0. The van der Waals surface area contributed by atoms with Crippen LogP contribution in [-0.2, 0) is 9.59 Å². The zero-order chi connectivity index (χ0) is 11.5. The first-order valence-corrected chi connectivity index (χ1v) is 3.43. The molecular formula is C6H8CaO8. The second kappa shape index (κ2) is 7.34. The average Bonchev–Trinajstić information content (AvgIpc) is 2.12. The second-order valence-electron chi connectivity index (χ2n) is 2.51. The Labute approximate surface area is 114 Å². The topological polar surface area (TPSA) is 161 Å². The van der Waals surface area contributed by atoms with Crippen molar-refractivity contribution in [1.29, 1.82) is 0 Å². The molecule has 0 spiro atoms. The molecule has 4 atom stereocenters. The van der Waals surface area contributed by atoms with Crippen LogP contribution in [0.4, 0.5) is 0 Å². The monoisotopic (exact) mass is 248 g/mol. The van der Waals surface area contributed by atoms with E-state index in [-0.39, 0.29) is 37.7 Å². The SMILES string of the molecule is O=C([O-])[C@H](O)[C@H](O)[C@H](O)[C@@H](O)C(=O)[O-].[Ca+2]. The molecule has 0 amide bonds. The Morgan fingerprint density at radius 2 is 1.00 bits per heavy atom. The zero-order valence-electron chi connectivity index (χ0n) is 7.44. The molecule has 0 aliphatic carbocycles. The number of hydrogen-bond donors (Lipinski definition) is 4. The molecule has 0 aliphatic heterocycles. The summed E-state index contributed by atoms with van der Waals surface area (Å²) in [6.45, 7) is 0. The van der Waals surface area contributed by atoms with Gasteiger partial charge in [0.1, 0.15) is 24.4 Å². The summed E-state index contributed by atoms with van der Waals surface area (Å²) in [6, 6.07) is 0. The predicted octanol–water partition coefficient (Wildman–Crippen LogP) is -6.45. The van der Waals surface area contributed by atoms with Gasteiger partial charge in [-0.15, -0.1) is 0 Å². The van der Waals surface area contributed by atoms with Gasteiger partial charge in [-0.1, -0.05) is 0 Å². The summed E-state index contributed by atoms with van der Waals surface area (Å²) in [6.07, 6.45) is -9.76. The van der Waals surface area contributed by atoms with Crippen LogP contribution < -0.4 is 10.2 Å². The van der Waals surface area contributed by atoms with Gasteiger partial charge >= 0.3 is 37.7 Å². The third kappa shape index (κ3) is 5.07. The number of rotatable bonds is 5. The van der Waals surface area contributed by atoms with E-state index in [2.05, 4.69) is 0 Å². The molecule has 0 rings (SSSR count). The molecule has 0 unspecified atom stereocenters. The number of hydrogen-bond acceptors (Lipinski definition) is 8. The molecule has 0 fully saturated rings. The minimum absolute atomic E-state index is 0. The number of aliphatic hydroxyl groups is 4. The molecule has 0 aromatic heterocycles. The first-order valence-electron chi connectivity index (χ1n) is 3.43. The standard InChI is InChI=1S/C6H10O8.Ca/c7-1(3(9)5(11)12)2(8)4(10)6(13)14;/h1-4,7-10H,(H,11,12)(H,13,14);/q;+2/p-2/t1-,2+,3-,4-;/m1./s1. The quantitative estimate of drug-likeness (QED) is 0.349. The van der Waals surface area contributed by atoms with Crippen LogP contribution in [0.15, 0.2) is 0 Å². The third-order valence-electron chi connectivity index (χ3n) is 1.48. The maximum atomic E-state index is 9.96. The number of aliphatic hydroxyl groups excluding tert-OH is 4. The average molecular weight is 248 g/mol. The molecule has 0 aromatic rings. The Hall–Kier alpha value is 0.0397. The van der Waals surface area contributed by atoms with Crippen molar-refractivity contribution in [2.75, 3.05) is 0 Å². The summed E-state index contributed by atoms with van der Waals surface area (Å²) in [5.74, 6) is -4.22. The summed E-state index contributed by atoms with van der Waals surface area (Å²) in [5.41, 5.74) is 0. The van der Waals surface area contributed by atoms with E-state index in [1.165, 1.54) is 0 Å². The molecule has 0 saturated carbocycles. The Morgan fingerprint density at radius 1 is 0.800 bits per heavy atom. The molecule has 0 radical (unpaired) electrons. The second-order valence-corrected chi connectivity index (χ2v) is 2.51. The normalized spacial score (nSPS) is 18.1. The molecule has 8 nitrogen and oxygen atoms in total. The van der Waals surface area contributed by atoms with Crippen LogP contribution in [0.1, 0.15) is 0 Å². The van der Waals surface area contributed by atoms with E-state index < -0.39 is 36.4 Å². The number of carbonyl (C=O) groups excluding carboxylic acids is 2. The summed E-state index contributed by atoms with van der Waals surface area (Å²) < 4.78 is 0. The van der Waals surface area contributed by atoms with Gasteiger partial charge in [0.25, 0.3) is 0 Å². The van der Waals surface area contributed by atoms with Gasteiger partial charge in [0, 0.05) is 0 Å². The van der Waals surface area contributed by atoms with Gasteiger partial charge in [-0.2, -0.15) is 0 Å². The molecule has 0 aliphatic rings.